The lowest BCUT2D eigenvalue weighted by Crippen LogP contribution is -2.54. The van der Waals surface area contributed by atoms with E-state index in [-0.39, 0.29) is 52.5 Å². The van der Waals surface area contributed by atoms with Crippen molar-refractivity contribution in [3.05, 3.63) is 70.4 Å². The number of nitrogens with zero attached hydrogens (tertiary/aromatic N) is 3. The molecule has 0 bridgehead atoms. The van der Waals surface area contributed by atoms with Crippen molar-refractivity contribution in [2.75, 3.05) is 19.1 Å². The van der Waals surface area contributed by atoms with Crippen LogP contribution in [0.2, 0.25) is 0 Å². The Balaban J connectivity index is 1.98. The number of Topliss-reactive ketones (excluding diaryl/α,β-unsaturated/α-hetero) is 1. The predicted molar refractivity (Wildman–Crippen MR) is 117 cm³/mol. The molecule has 0 radical (unpaired) electrons. The number of methoxy groups -OCH3 is 1. The summed E-state index contributed by atoms with van der Waals surface area (Å²) in [5, 5.41) is 11.6. The highest BCUT2D eigenvalue weighted by Crippen LogP contribution is 2.47. The molecular formula is C24H19F3N4O4. The van der Waals surface area contributed by atoms with Gasteiger partial charge in [0.2, 0.25) is 0 Å². The average Bonchev–Trinajstić information content (AvgIpc) is 3.22. The number of hydrogen-bond acceptors (Lipinski definition) is 5. The fraction of sp³-hybridized carbons (Fsp3) is 0.250. The fourth-order valence-corrected chi connectivity index (χ4v) is 4.38. The lowest BCUT2D eigenvalue weighted by molar-refractivity contribution is -0.137. The fourth-order valence-electron chi connectivity index (χ4n) is 4.38. The van der Waals surface area contributed by atoms with Crippen LogP contribution in [-0.2, 0) is 11.0 Å². The van der Waals surface area contributed by atoms with Gasteiger partial charge in [-0.2, -0.15) is 18.4 Å². The molecule has 1 aliphatic carbocycles. The zero-order chi connectivity index (χ0) is 25.5. The van der Waals surface area contributed by atoms with Crippen molar-refractivity contribution >= 4 is 23.5 Å². The summed E-state index contributed by atoms with van der Waals surface area (Å²) in [5.74, 6) is -0.176. The van der Waals surface area contributed by atoms with Crippen molar-refractivity contribution in [3.63, 3.8) is 0 Å². The van der Waals surface area contributed by atoms with Gasteiger partial charge < -0.3 is 10.1 Å². The van der Waals surface area contributed by atoms with E-state index in [4.69, 9.17) is 4.74 Å². The number of nitrogens with one attached hydrogen (secondary N) is 1. The number of allylic oxidation sites excluding steroid dienone is 1. The van der Waals surface area contributed by atoms with Crippen molar-refractivity contribution in [2.45, 2.75) is 25.1 Å². The molecule has 1 atom stereocenters. The maximum Gasteiger partial charge on any atom is 0.416 e. The van der Waals surface area contributed by atoms with Gasteiger partial charge in [-0.05, 0) is 36.8 Å². The molecule has 2 aliphatic rings. The van der Waals surface area contributed by atoms with Crippen molar-refractivity contribution in [2.24, 2.45) is 0 Å². The molecule has 35 heavy (non-hydrogen) atoms. The van der Waals surface area contributed by atoms with Gasteiger partial charge in [0, 0.05) is 30.3 Å². The highest BCUT2D eigenvalue weighted by atomic mass is 19.4. The number of anilines is 1. The van der Waals surface area contributed by atoms with E-state index in [0.29, 0.717) is 0 Å². The van der Waals surface area contributed by atoms with Crippen LogP contribution in [0, 0.1) is 11.3 Å². The normalized spacial score (nSPS) is 17.9. The third-order valence-corrected chi connectivity index (χ3v) is 5.92. The van der Waals surface area contributed by atoms with E-state index in [2.05, 4.69) is 5.32 Å². The number of halogens is 3. The molecule has 2 aromatic carbocycles. The Morgan fingerprint density at radius 1 is 1.17 bits per heavy atom. The Morgan fingerprint density at radius 3 is 2.54 bits per heavy atom. The summed E-state index contributed by atoms with van der Waals surface area (Å²) in [4.78, 5) is 41.5. The highest BCUT2D eigenvalue weighted by molar-refractivity contribution is 6.12. The van der Waals surface area contributed by atoms with Gasteiger partial charge in [-0.15, -0.1) is 0 Å². The molecule has 0 aromatic heterocycles. The molecule has 4 rings (SSSR count). The Labute approximate surface area is 198 Å². The van der Waals surface area contributed by atoms with Crippen molar-refractivity contribution in [1.29, 1.82) is 5.26 Å². The summed E-state index contributed by atoms with van der Waals surface area (Å²) < 4.78 is 45.5. The zero-order valence-electron chi connectivity index (χ0n) is 18.6. The summed E-state index contributed by atoms with van der Waals surface area (Å²) in [5.41, 5.74) is -0.223. The summed E-state index contributed by atoms with van der Waals surface area (Å²) in [6.07, 6.45) is -4.53. The molecule has 1 aliphatic heterocycles. The third-order valence-electron chi connectivity index (χ3n) is 5.92. The standard InChI is InChI=1S/C24H19F3N4O4/c1-29-22(33)31-21(16-7-6-13(12-28)10-19(16)35-2)20-17(8-9-18(20)32)30(23(31)34)15-5-3-4-14(11-15)24(25,26)27/h3-7,10-11,21H,8-9H2,1-2H3,(H,29,33). The number of carbonyl (C=O) groups is 3. The van der Waals surface area contributed by atoms with E-state index in [1.54, 1.807) is 0 Å². The number of hydrogen-bond donors (Lipinski definition) is 1. The number of alkyl halides is 3. The molecule has 8 nitrogen and oxygen atoms in total. The van der Waals surface area contributed by atoms with Crippen LogP contribution in [0.15, 0.2) is 53.7 Å². The minimum Gasteiger partial charge on any atom is -0.496 e. The maximum absolute atomic E-state index is 13.7. The van der Waals surface area contributed by atoms with Gasteiger partial charge in [0.25, 0.3) is 0 Å². The first-order valence-corrected chi connectivity index (χ1v) is 10.5. The number of ketones is 1. The molecular weight excluding hydrogens is 465 g/mol. The smallest absolute Gasteiger partial charge is 0.416 e. The van der Waals surface area contributed by atoms with Crippen LogP contribution in [0.1, 0.15) is 35.6 Å². The SMILES string of the molecule is CNC(=O)N1C(=O)N(c2cccc(C(F)(F)F)c2)C2=C(C(=O)CC2)C1c1ccc(C#N)cc1OC. The van der Waals surface area contributed by atoms with Crippen LogP contribution in [0.25, 0.3) is 0 Å². The first-order chi connectivity index (χ1) is 16.6. The molecule has 0 spiro atoms. The first kappa shape index (κ1) is 23.8. The van der Waals surface area contributed by atoms with Crippen LogP contribution in [-0.4, -0.2) is 36.9 Å². The lowest BCUT2D eigenvalue weighted by Gasteiger charge is -2.41. The molecule has 11 heteroatoms. The second-order valence-corrected chi connectivity index (χ2v) is 7.85. The van der Waals surface area contributed by atoms with Crippen LogP contribution in [0.5, 0.6) is 5.75 Å². The van der Waals surface area contributed by atoms with Crippen LogP contribution >= 0.6 is 0 Å². The van der Waals surface area contributed by atoms with Crippen LogP contribution < -0.4 is 15.0 Å². The van der Waals surface area contributed by atoms with E-state index >= 15 is 0 Å². The molecule has 180 valence electrons. The largest absolute Gasteiger partial charge is 0.496 e. The molecule has 0 saturated carbocycles. The van der Waals surface area contributed by atoms with Gasteiger partial charge in [-0.3, -0.25) is 9.69 Å². The number of carbonyl (C=O) groups excluding carboxylic acids is 3. The van der Waals surface area contributed by atoms with Crippen molar-refractivity contribution in [1.82, 2.24) is 10.2 Å². The summed E-state index contributed by atoms with van der Waals surface area (Å²) >= 11 is 0. The van der Waals surface area contributed by atoms with Crippen molar-refractivity contribution in [3.8, 4) is 11.8 Å². The molecule has 1 unspecified atom stereocenters. The maximum atomic E-state index is 13.7. The summed E-state index contributed by atoms with van der Waals surface area (Å²) in [6.45, 7) is 0. The minimum absolute atomic E-state index is 0.0179. The number of urea groups is 2. The van der Waals surface area contributed by atoms with E-state index in [9.17, 15) is 32.8 Å². The minimum atomic E-state index is -4.66. The van der Waals surface area contributed by atoms with E-state index < -0.39 is 29.8 Å². The number of amides is 4. The van der Waals surface area contributed by atoms with Crippen molar-refractivity contribution < 1.29 is 32.3 Å². The predicted octanol–water partition coefficient (Wildman–Crippen LogP) is 4.53. The Bertz CT molecular complexity index is 1310. The quantitative estimate of drug-likeness (QED) is 0.690. The number of benzene rings is 2. The topological polar surface area (TPSA) is 103 Å². The highest BCUT2D eigenvalue weighted by Gasteiger charge is 2.49. The van der Waals surface area contributed by atoms with E-state index in [1.165, 1.54) is 38.4 Å². The number of rotatable bonds is 3. The lowest BCUT2D eigenvalue weighted by atomic mass is 9.91. The second-order valence-electron chi connectivity index (χ2n) is 7.85. The average molecular weight is 484 g/mol. The molecule has 1 heterocycles. The van der Waals surface area contributed by atoms with Gasteiger partial charge in [0.05, 0.1) is 30.0 Å². The van der Waals surface area contributed by atoms with Gasteiger partial charge >= 0.3 is 18.2 Å². The van der Waals surface area contributed by atoms with E-state index in [1.807, 2.05) is 6.07 Å². The Hall–Kier alpha value is -4.33. The van der Waals surface area contributed by atoms with Crippen LogP contribution in [0.3, 0.4) is 0 Å². The molecule has 2 aromatic rings. The summed E-state index contributed by atoms with van der Waals surface area (Å²) in [7, 11) is 2.63. The summed E-state index contributed by atoms with van der Waals surface area (Å²) in [6, 6.07) is 7.48. The number of imide groups is 1. The molecule has 1 N–H and O–H groups in total. The van der Waals surface area contributed by atoms with Gasteiger partial charge in [0.1, 0.15) is 11.8 Å². The number of ether oxygens (including phenoxy) is 1. The first-order valence-electron chi connectivity index (χ1n) is 10.5. The van der Waals surface area contributed by atoms with Crippen LogP contribution in [0.4, 0.5) is 28.4 Å². The molecule has 4 amide bonds. The third kappa shape index (κ3) is 3.97. The molecule has 0 fully saturated rings. The second kappa shape index (κ2) is 8.79. The molecule has 0 saturated heterocycles. The van der Waals surface area contributed by atoms with Gasteiger partial charge in [0.15, 0.2) is 5.78 Å². The van der Waals surface area contributed by atoms with E-state index in [0.717, 1.165) is 28.0 Å². The monoisotopic (exact) mass is 484 g/mol. The number of nitriles is 1. The van der Waals surface area contributed by atoms with Gasteiger partial charge in [-0.1, -0.05) is 12.1 Å². The zero-order valence-corrected chi connectivity index (χ0v) is 18.6. The Morgan fingerprint density at radius 2 is 1.91 bits per heavy atom. The Kier molecular flexibility index (Phi) is 5.98. The van der Waals surface area contributed by atoms with Gasteiger partial charge in [-0.25, -0.2) is 14.5 Å².